The van der Waals surface area contributed by atoms with Crippen molar-refractivity contribution < 1.29 is 0 Å². The van der Waals surface area contributed by atoms with E-state index in [4.69, 9.17) is 0 Å². The molecule has 0 radical (unpaired) electrons. The molecule has 3 nitrogen and oxygen atoms in total. The number of nitriles is 1. The Balaban J connectivity index is 2.19. The maximum absolute atomic E-state index is 9.25. The average Bonchev–Trinajstić information content (AvgIpc) is 2.47. The van der Waals surface area contributed by atoms with Crippen LogP contribution < -0.4 is 5.32 Å². The second-order valence-electron chi connectivity index (χ2n) is 4.01. The number of nitrogens with one attached hydrogen (secondary N) is 1. The molecule has 0 unspecified atom stereocenters. The standard InChI is InChI=1S/C15H15N3S/c1-2-17-11-12-3-4-15(13(9-12)10-16)19-14-5-7-18-8-6-14/h3-9,17H,2,11H2,1H3. The first kappa shape index (κ1) is 13.6. The largest absolute Gasteiger partial charge is 0.313 e. The van der Waals surface area contributed by atoms with Crippen molar-refractivity contribution in [3.8, 4) is 6.07 Å². The summed E-state index contributed by atoms with van der Waals surface area (Å²) < 4.78 is 0. The molecule has 0 saturated carbocycles. The van der Waals surface area contributed by atoms with Crippen molar-refractivity contribution in [1.29, 1.82) is 5.26 Å². The lowest BCUT2D eigenvalue weighted by atomic mass is 10.1. The Bertz CT molecular complexity index is 576. The van der Waals surface area contributed by atoms with Gasteiger partial charge in [-0.25, -0.2) is 0 Å². The average molecular weight is 269 g/mol. The van der Waals surface area contributed by atoms with Crippen LogP contribution in [0.25, 0.3) is 0 Å². The monoisotopic (exact) mass is 269 g/mol. The van der Waals surface area contributed by atoms with Crippen LogP contribution in [0.15, 0.2) is 52.5 Å². The number of aromatic nitrogens is 1. The summed E-state index contributed by atoms with van der Waals surface area (Å²) in [6.45, 7) is 3.79. The van der Waals surface area contributed by atoms with Gasteiger partial charge in [0.1, 0.15) is 6.07 Å². The number of pyridine rings is 1. The minimum absolute atomic E-state index is 0.720. The van der Waals surface area contributed by atoms with Gasteiger partial charge in [-0.3, -0.25) is 4.98 Å². The molecule has 0 saturated heterocycles. The zero-order chi connectivity index (χ0) is 13.5. The molecule has 0 spiro atoms. The molecule has 0 aliphatic heterocycles. The number of nitrogens with zero attached hydrogens (tertiary/aromatic N) is 2. The molecule has 1 N–H and O–H groups in total. The molecule has 0 fully saturated rings. The first-order valence-electron chi connectivity index (χ1n) is 6.15. The molecule has 19 heavy (non-hydrogen) atoms. The van der Waals surface area contributed by atoms with Crippen molar-refractivity contribution in [3.63, 3.8) is 0 Å². The zero-order valence-electron chi connectivity index (χ0n) is 10.8. The molecule has 1 aromatic heterocycles. The van der Waals surface area contributed by atoms with Gasteiger partial charge >= 0.3 is 0 Å². The SMILES string of the molecule is CCNCc1ccc(Sc2ccncc2)c(C#N)c1. The van der Waals surface area contributed by atoms with Crippen LogP contribution in [0.4, 0.5) is 0 Å². The molecule has 1 heterocycles. The van der Waals surface area contributed by atoms with Gasteiger partial charge in [0, 0.05) is 28.7 Å². The van der Waals surface area contributed by atoms with Crippen LogP contribution in [0.5, 0.6) is 0 Å². The number of hydrogen-bond donors (Lipinski definition) is 1. The lowest BCUT2D eigenvalue weighted by molar-refractivity contribution is 0.726. The third-order valence-corrected chi connectivity index (χ3v) is 3.70. The molecule has 0 atom stereocenters. The predicted molar refractivity (Wildman–Crippen MR) is 76.9 cm³/mol. The summed E-state index contributed by atoms with van der Waals surface area (Å²) in [6.07, 6.45) is 3.52. The maximum atomic E-state index is 9.25. The van der Waals surface area contributed by atoms with Gasteiger partial charge in [-0.1, -0.05) is 24.8 Å². The number of hydrogen-bond acceptors (Lipinski definition) is 4. The Morgan fingerprint density at radius 2 is 2.05 bits per heavy atom. The van der Waals surface area contributed by atoms with Crippen molar-refractivity contribution in [2.24, 2.45) is 0 Å². The van der Waals surface area contributed by atoms with E-state index in [9.17, 15) is 5.26 Å². The smallest absolute Gasteiger partial charge is 0.100 e. The molecular weight excluding hydrogens is 254 g/mol. The van der Waals surface area contributed by atoms with E-state index in [1.807, 2.05) is 24.3 Å². The quantitative estimate of drug-likeness (QED) is 0.905. The Kier molecular flexibility index (Phi) is 4.96. The van der Waals surface area contributed by atoms with Crippen LogP contribution in [-0.4, -0.2) is 11.5 Å². The van der Waals surface area contributed by atoms with E-state index in [0.29, 0.717) is 0 Å². The summed E-state index contributed by atoms with van der Waals surface area (Å²) in [7, 11) is 0. The van der Waals surface area contributed by atoms with Crippen LogP contribution in [0.2, 0.25) is 0 Å². The van der Waals surface area contributed by atoms with E-state index in [2.05, 4.69) is 29.4 Å². The van der Waals surface area contributed by atoms with Gasteiger partial charge in [0.25, 0.3) is 0 Å². The van der Waals surface area contributed by atoms with E-state index in [-0.39, 0.29) is 0 Å². The lowest BCUT2D eigenvalue weighted by Crippen LogP contribution is -2.11. The highest BCUT2D eigenvalue weighted by Gasteiger charge is 2.05. The highest BCUT2D eigenvalue weighted by Crippen LogP contribution is 2.30. The number of rotatable bonds is 5. The van der Waals surface area contributed by atoms with Crippen LogP contribution in [-0.2, 0) is 6.54 Å². The summed E-state index contributed by atoms with van der Waals surface area (Å²) in [5.41, 5.74) is 1.86. The third kappa shape index (κ3) is 3.82. The van der Waals surface area contributed by atoms with Gasteiger partial charge in [-0.05, 0) is 36.4 Å². The minimum Gasteiger partial charge on any atom is -0.313 e. The Labute approximate surface area is 117 Å². The molecule has 1 aromatic carbocycles. The Morgan fingerprint density at radius 3 is 2.74 bits per heavy atom. The van der Waals surface area contributed by atoms with Crippen molar-refractivity contribution in [2.45, 2.75) is 23.3 Å². The molecule has 4 heteroatoms. The van der Waals surface area contributed by atoms with Gasteiger partial charge in [0.2, 0.25) is 0 Å². The summed E-state index contributed by atoms with van der Waals surface area (Å²) >= 11 is 1.59. The van der Waals surface area contributed by atoms with Crippen LogP contribution in [0.1, 0.15) is 18.1 Å². The van der Waals surface area contributed by atoms with Crippen molar-refractivity contribution >= 4 is 11.8 Å². The van der Waals surface area contributed by atoms with Crippen LogP contribution in [0.3, 0.4) is 0 Å². The van der Waals surface area contributed by atoms with E-state index in [1.54, 1.807) is 24.2 Å². The van der Waals surface area contributed by atoms with E-state index >= 15 is 0 Å². The van der Waals surface area contributed by atoms with E-state index < -0.39 is 0 Å². The fourth-order valence-electron chi connectivity index (χ4n) is 1.67. The van der Waals surface area contributed by atoms with Crippen LogP contribution >= 0.6 is 11.8 Å². The van der Waals surface area contributed by atoms with Crippen molar-refractivity contribution in [3.05, 3.63) is 53.9 Å². The van der Waals surface area contributed by atoms with Gasteiger partial charge in [-0.15, -0.1) is 0 Å². The first-order valence-corrected chi connectivity index (χ1v) is 6.96. The Hall–Kier alpha value is -1.83. The highest BCUT2D eigenvalue weighted by atomic mass is 32.2. The first-order chi connectivity index (χ1) is 9.33. The van der Waals surface area contributed by atoms with Gasteiger partial charge in [-0.2, -0.15) is 5.26 Å². The highest BCUT2D eigenvalue weighted by molar-refractivity contribution is 7.99. The normalized spacial score (nSPS) is 10.1. The molecule has 2 aromatic rings. The predicted octanol–water partition coefficient (Wildman–Crippen LogP) is 3.21. The van der Waals surface area contributed by atoms with E-state index in [1.165, 1.54) is 0 Å². The summed E-state index contributed by atoms with van der Waals surface area (Å²) in [5.74, 6) is 0. The fourth-order valence-corrected chi connectivity index (χ4v) is 2.53. The van der Waals surface area contributed by atoms with Gasteiger partial charge in [0.15, 0.2) is 0 Å². The molecular formula is C15H15N3S. The number of benzene rings is 1. The second-order valence-corrected chi connectivity index (χ2v) is 5.12. The van der Waals surface area contributed by atoms with Crippen molar-refractivity contribution in [1.82, 2.24) is 10.3 Å². The minimum atomic E-state index is 0.720. The maximum Gasteiger partial charge on any atom is 0.100 e. The topological polar surface area (TPSA) is 48.7 Å². The third-order valence-electron chi connectivity index (χ3n) is 2.62. The Morgan fingerprint density at radius 1 is 1.26 bits per heavy atom. The lowest BCUT2D eigenvalue weighted by Gasteiger charge is -2.07. The zero-order valence-corrected chi connectivity index (χ0v) is 11.6. The molecule has 0 aliphatic carbocycles. The fraction of sp³-hybridized carbons (Fsp3) is 0.200. The van der Waals surface area contributed by atoms with Gasteiger partial charge < -0.3 is 5.32 Å². The molecule has 2 rings (SSSR count). The van der Waals surface area contributed by atoms with Gasteiger partial charge in [0.05, 0.1) is 5.56 Å². The molecule has 96 valence electrons. The molecule has 0 bridgehead atoms. The molecule has 0 amide bonds. The summed E-state index contributed by atoms with van der Waals surface area (Å²) in [5, 5.41) is 12.5. The van der Waals surface area contributed by atoms with Crippen LogP contribution in [0, 0.1) is 11.3 Å². The second kappa shape index (κ2) is 6.93. The summed E-state index contributed by atoms with van der Waals surface area (Å²) in [6, 6.07) is 12.2. The summed E-state index contributed by atoms with van der Waals surface area (Å²) in [4.78, 5) is 6.06. The van der Waals surface area contributed by atoms with Crippen molar-refractivity contribution in [2.75, 3.05) is 6.54 Å². The van der Waals surface area contributed by atoms with E-state index in [0.717, 1.165) is 34.0 Å². The molecule has 0 aliphatic rings.